The number of hydrogen-bond donors (Lipinski definition) is 1. The van der Waals surface area contributed by atoms with E-state index in [1.165, 1.54) is 0 Å². The van der Waals surface area contributed by atoms with Gasteiger partial charge in [0.25, 0.3) is 0 Å². The van der Waals surface area contributed by atoms with Crippen LogP contribution in [0.3, 0.4) is 0 Å². The third-order valence-corrected chi connectivity index (χ3v) is 2.36. The van der Waals surface area contributed by atoms with Gasteiger partial charge in [-0.2, -0.15) is 0 Å². The van der Waals surface area contributed by atoms with Gasteiger partial charge in [0.1, 0.15) is 7.85 Å². The molecule has 1 heterocycles. The van der Waals surface area contributed by atoms with Gasteiger partial charge in [0.05, 0.1) is 0 Å². The van der Waals surface area contributed by atoms with Crippen molar-refractivity contribution in [3.05, 3.63) is 12.3 Å². The summed E-state index contributed by atoms with van der Waals surface area (Å²) in [5, 5.41) is 2.84. The molecule has 0 saturated carbocycles. The van der Waals surface area contributed by atoms with E-state index in [9.17, 15) is 4.79 Å². The van der Waals surface area contributed by atoms with E-state index in [4.69, 9.17) is 0 Å². The summed E-state index contributed by atoms with van der Waals surface area (Å²) in [7, 11) is 3.79. The Balaban J connectivity index is 2.79. The Morgan fingerprint density at radius 1 is 1.73 bits per heavy atom. The average molecular weight is 152 g/mol. The molecule has 1 fully saturated rings. The van der Waals surface area contributed by atoms with Crippen LogP contribution in [0.15, 0.2) is 12.3 Å². The van der Waals surface area contributed by atoms with Gasteiger partial charge in [-0.05, 0) is 12.7 Å². The van der Waals surface area contributed by atoms with E-state index in [0.29, 0.717) is 5.82 Å². The predicted molar refractivity (Wildman–Crippen MR) is 47.2 cm³/mol. The third-order valence-electron chi connectivity index (χ3n) is 2.36. The van der Waals surface area contributed by atoms with Crippen molar-refractivity contribution in [2.75, 3.05) is 7.05 Å². The van der Waals surface area contributed by atoms with Crippen LogP contribution >= 0.6 is 0 Å². The van der Waals surface area contributed by atoms with E-state index < -0.39 is 0 Å². The summed E-state index contributed by atoms with van der Waals surface area (Å²) in [6.07, 6.45) is 0. The molecule has 0 aromatic heterocycles. The fraction of sp³-hybridized carbons (Fsp3) is 0.571. The summed E-state index contributed by atoms with van der Waals surface area (Å²) in [4.78, 5) is 12.7. The van der Waals surface area contributed by atoms with Gasteiger partial charge in [-0.1, -0.05) is 6.58 Å². The third kappa shape index (κ3) is 1.25. The standard InChI is InChI=1S/C7H13BN2O/c1-4-6(8)5(2)10(3)7(11)9-4/h4,6H,2,8H2,1,3H3,(H,9,11)/t4?,6-/m0/s1. The predicted octanol–water partition coefficient (Wildman–Crippen LogP) is -0.0348. The molecule has 11 heavy (non-hydrogen) atoms. The van der Waals surface area contributed by atoms with Gasteiger partial charge in [-0.25, -0.2) is 4.79 Å². The molecule has 60 valence electrons. The monoisotopic (exact) mass is 152 g/mol. The van der Waals surface area contributed by atoms with Gasteiger partial charge < -0.3 is 10.2 Å². The van der Waals surface area contributed by atoms with Crippen molar-refractivity contribution in [2.24, 2.45) is 0 Å². The molecule has 0 aromatic rings. The minimum atomic E-state index is -0.0550. The van der Waals surface area contributed by atoms with Crippen LogP contribution in [0.2, 0.25) is 5.82 Å². The topological polar surface area (TPSA) is 32.3 Å². The first-order valence-corrected chi connectivity index (χ1v) is 3.77. The maximum atomic E-state index is 11.1. The first-order valence-electron chi connectivity index (χ1n) is 3.77. The molecule has 1 aliphatic heterocycles. The number of nitrogens with one attached hydrogen (secondary N) is 1. The zero-order valence-corrected chi connectivity index (χ0v) is 7.22. The Labute approximate surface area is 67.9 Å². The van der Waals surface area contributed by atoms with Crippen molar-refractivity contribution in [1.82, 2.24) is 10.2 Å². The summed E-state index contributed by atoms with van der Waals surface area (Å²) < 4.78 is 0. The molecule has 0 aliphatic carbocycles. The highest BCUT2D eigenvalue weighted by atomic mass is 16.2. The Kier molecular flexibility index (Phi) is 1.93. The molecule has 3 nitrogen and oxygen atoms in total. The molecule has 1 unspecified atom stereocenters. The lowest BCUT2D eigenvalue weighted by atomic mass is 9.78. The largest absolute Gasteiger partial charge is 0.335 e. The molecule has 0 radical (unpaired) electrons. The number of carbonyl (C=O) groups is 1. The summed E-state index contributed by atoms with van der Waals surface area (Å²) in [5.74, 6) is 0.331. The Morgan fingerprint density at radius 3 is 2.82 bits per heavy atom. The van der Waals surface area contributed by atoms with Crippen LogP contribution in [0.1, 0.15) is 6.92 Å². The number of rotatable bonds is 0. The maximum Gasteiger partial charge on any atom is 0.321 e. The molecule has 2 amide bonds. The first-order chi connectivity index (χ1) is 5.04. The lowest BCUT2D eigenvalue weighted by Gasteiger charge is -2.35. The second kappa shape index (κ2) is 2.60. The highest BCUT2D eigenvalue weighted by molar-refractivity contribution is 6.15. The molecule has 1 N–H and O–H groups in total. The fourth-order valence-corrected chi connectivity index (χ4v) is 1.14. The Morgan fingerprint density at radius 2 is 2.27 bits per heavy atom. The van der Waals surface area contributed by atoms with Gasteiger partial charge in [0.2, 0.25) is 0 Å². The molecule has 0 spiro atoms. The summed E-state index contributed by atoms with van der Waals surface area (Å²) in [6.45, 7) is 5.83. The lowest BCUT2D eigenvalue weighted by molar-refractivity contribution is 0.205. The number of amides is 2. The SMILES string of the molecule is B[C@@H]1C(=C)N(C)C(=O)NC1C. The summed E-state index contributed by atoms with van der Waals surface area (Å²) in [5.41, 5.74) is 0.890. The van der Waals surface area contributed by atoms with Crippen LogP contribution < -0.4 is 5.32 Å². The Hall–Kier alpha value is -0.925. The zero-order valence-electron chi connectivity index (χ0n) is 7.22. The van der Waals surface area contributed by atoms with E-state index >= 15 is 0 Å². The van der Waals surface area contributed by atoms with E-state index in [-0.39, 0.29) is 12.1 Å². The molecule has 0 aromatic carbocycles. The molecule has 1 aliphatic rings. The van der Waals surface area contributed by atoms with Crippen LogP contribution in [-0.2, 0) is 0 Å². The van der Waals surface area contributed by atoms with Crippen LogP contribution in [0.5, 0.6) is 0 Å². The van der Waals surface area contributed by atoms with Crippen LogP contribution in [0.25, 0.3) is 0 Å². The molecular weight excluding hydrogens is 139 g/mol. The van der Waals surface area contributed by atoms with Gasteiger partial charge in [-0.3, -0.25) is 0 Å². The van der Waals surface area contributed by atoms with Gasteiger partial charge in [0, 0.05) is 18.8 Å². The summed E-state index contributed by atoms with van der Waals surface area (Å²) in [6, 6.07) is 0.145. The molecule has 1 rings (SSSR count). The minimum absolute atomic E-state index is 0.0550. The van der Waals surface area contributed by atoms with Gasteiger partial charge in [0.15, 0.2) is 0 Å². The Bertz CT molecular complexity index is 205. The summed E-state index contributed by atoms with van der Waals surface area (Å²) >= 11 is 0. The second-order valence-electron chi connectivity index (χ2n) is 3.08. The number of urea groups is 1. The van der Waals surface area contributed by atoms with Gasteiger partial charge in [-0.15, -0.1) is 0 Å². The smallest absolute Gasteiger partial charge is 0.321 e. The van der Waals surface area contributed by atoms with Crippen LogP contribution in [0, 0.1) is 0 Å². The van der Waals surface area contributed by atoms with Crippen molar-refractivity contribution in [2.45, 2.75) is 18.8 Å². The van der Waals surface area contributed by atoms with E-state index in [1.807, 2.05) is 6.92 Å². The average Bonchev–Trinajstić information content (AvgIpc) is 1.97. The van der Waals surface area contributed by atoms with Crippen molar-refractivity contribution in [3.8, 4) is 0 Å². The maximum absolute atomic E-state index is 11.1. The minimum Gasteiger partial charge on any atom is -0.335 e. The second-order valence-corrected chi connectivity index (χ2v) is 3.08. The van der Waals surface area contributed by atoms with Crippen molar-refractivity contribution in [3.63, 3.8) is 0 Å². The van der Waals surface area contributed by atoms with Crippen molar-refractivity contribution in [1.29, 1.82) is 0 Å². The van der Waals surface area contributed by atoms with Crippen molar-refractivity contribution < 1.29 is 4.79 Å². The van der Waals surface area contributed by atoms with Gasteiger partial charge >= 0.3 is 6.03 Å². The van der Waals surface area contributed by atoms with Crippen LogP contribution in [0.4, 0.5) is 4.79 Å². The molecular formula is C7H13BN2O. The molecule has 2 atom stereocenters. The van der Waals surface area contributed by atoms with Crippen molar-refractivity contribution >= 4 is 13.9 Å². The van der Waals surface area contributed by atoms with E-state index in [1.54, 1.807) is 11.9 Å². The highest BCUT2D eigenvalue weighted by Crippen LogP contribution is 2.23. The molecule has 4 heteroatoms. The zero-order chi connectivity index (χ0) is 8.59. The number of carbonyl (C=O) groups excluding carboxylic acids is 1. The normalized spacial score (nSPS) is 32.0. The fourth-order valence-electron chi connectivity index (χ4n) is 1.14. The first kappa shape index (κ1) is 8.17. The van der Waals surface area contributed by atoms with E-state index in [2.05, 4.69) is 19.7 Å². The number of nitrogens with zero attached hydrogens (tertiary/aromatic N) is 1. The lowest BCUT2D eigenvalue weighted by Crippen LogP contribution is -2.50. The molecule has 1 saturated heterocycles. The quantitative estimate of drug-likeness (QED) is 0.485. The number of hydrogen-bond acceptors (Lipinski definition) is 1. The highest BCUT2D eigenvalue weighted by Gasteiger charge is 2.28. The van der Waals surface area contributed by atoms with E-state index in [0.717, 1.165) is 5.70 Å². The van der Waals surface area contributed by atoms with Crippen LogP contribution in [-0.4, -0.2) is 31.9 Å². The molecule has 0 bridgehead atoms.